The first kappa shape index (κ1) is 12.0. The quantitative estimate of drug-likeness (QED) is 0.790. The van der Waals surface area contributed by atoms with E-state index in [0.717, 1.165) is 12.2 Å². The van der Waals surface area contributed by atoms with Crippen molar-refractivity contribution in [1.82, 2.24) is 5.32 Å². The summed E-state index contributed by atoms with van der Waals surface area (Å²) in [7, 11) is 0. The second-order valence-corrected chi connectivity index (χ2v) is 4.85. The van der Waals surface area contributed by atoms with Crippen LogP contribution >= 0.6 is 0 Å². The SMILES string of the molecule is CCC1(CNC(=O)CNc2ccccc2)CC1. The maximum atomic E-state index is 11.6. The Kier molecular flexibility index (Phi) is 3.67. The molecule has 0 radical (unpaired) electrons. The predicted molar refractivity (Wildman–Crippen MR) is 69.9 cm³/mol. The van der Waals surface area contributed by atoms with E-state index in [2.05, 4.69) is 17.6 Å². The average molecular weight is 232 g/mol. The molecule has 1 saturated carbocycles. The topological polar surface area (TPSA) is 41.1 Å². The van der Waals surface area contributed by atoms with Crippen LogP contribution in [0.4, 0.5) is 5.69 Å². The molecular weight excluding hydrogens is 212 g/mol. The number of carbonyl (C=O) groups is 1. The summed E-state index contributed by atoms with van der Waals surface area (Å²) in [5.41, 5.74) is 1.40. The van der Waals surface area contributed by atoms with Crippen molar-refractivity contribution in [3.05, 3.63) is 30.3 Å². The zero-order valence-corrected chi connectivity index (χ0v) is 10.3. The van der Waals surface area contributed by atoms with Crippen LogP contribution in [0.15, 0.2) is 30.3 Å². The fourth-order valence-electron chi connectivity index (χ4n) is 1.92. The van der Waals surface area contributed by atoms with Crippen molar-refractivity contribution in [3.63, 3.8) is 0 Å². The highest BCUT2D eigenvalue weighted by atomic mass is 16.1. The Morgan fingerprint density at radius 1 is 1.29 bits per heavy atom. The summed E-state index contributed by atoms with van der Waals surface area (Å²) in [6.07, 6.45) is 3.69. The molecule has 0 unspecified atom stereocenters. The lowest BCUT2D eigenvalue weighted by Crippen LogP contribution is -2.34. The van der Waals surface area contributed by atoms with Gasteiger partial charge in [0.05, 0.1) is 6.54 Å². The summed E-state index contributed by atoms with van der Waals surface area (Å²) < 4.78 is 0. The second-order valence-electron chi connectivity index (χ2n) is 4.85. The van der Waals surface area contributed by atoms with Gasteiger partial charge >= 0.3 is 0 Å². The van der Waals surface area contributed by atoms with Crippen LogP contribution in [0.2, 0.25) is 0 Å². The monoisotopic (exact) mass is 232 g/mol. The van der Waals surface area contributed by atoms with E-state index in [1.807, 2.05) is 30.3 Å². The first-order valence-electron chi connectivity index (χ1n) is 6.30. The Morgan fingerprint density at radius 2 is 2.00 bits per heavy atom. The average Bonchev–Trinajstić information content (AvgIpc) is 3.16. The van der Waals surface area contributed by atoms with E-state index in [1.165, 1.54) is 19.3 Å². The zero-order valence-electron chi connectivity index (χ0n) is 10.3. The highest BCUT2D eigenvalue weighted by Crippen LogP contribution is 2.47. The van der Waals surface area contributed by atoms with Gasteiger partial charge in [-0.1, -0.05) is 25.1 Å². The van der Waals surface area contributed by atoms with E-state index in [9.17, 15) is 4.79 Å². The summed E-state index contributed by atoms with van der Waals surface area (Å²) in [4.78, 5) is 11.6. The molecule has 0 bridgehead atoms. The highest BCUT2D eigenvalue weighted by Gasteiger charge is 2.40. The van der Waals surface area contributed by atoms with Crippen molar-refractivity contribution in [2.75, 3.05) is 18.4 Å². The molecule has 0 heterocycles. The molecule has 2 N–H and O–H groups in total. The van der Waals surface area contributed by atoms with Crippen molar-refractivity contribution >= 4 is 11.6 Å². The highest BCUT2D eigenvalue weighted by molar-refractivity contribution is 5.80. The lowest BCUT2D eigenvalue weighted by molar-refractivity contribution is -0.119. The second kappa shape index (κ2) is 5.21. The van der Waals surface area contributed by atoms with Gasteiger partial charge in [0, 0.05) is 12.2 Å². The van der Waals surface area contributed by atoms with Gasteiger partial charge < -0.3 is 10.6 Å². The molecule has 0 aliphatic heterocycles. The molecule has 1 aliphatic rings. The first-order valence-corrected chi connectivity index (χ1v) is 6.30. The van der Waals surface area contributed by atoms with Gasteiger partial charge in [0.1, 0.15) is 0 Å². The number of para-hydroxylation sites is 1. The molecule has 1 aromatic rings. The lowest BCUT2D eigenvalue weighted by atomic mass is 10.0. The fraction of sp³-hybridized carbons (Fsp3) is 0.500. The normalized spacial score (nSPS) is 16.3. The van der Waals surface area contributed by atoms with Gasteiger partial charge in [-0.25, -0.2) is 0 Å². The largest absolute Gasteiger partial charge is 0.376 e. The molecular formula is C14H20N2O. The molecule has 1 fully saturated rings. The van der Waals surface area contributed by atoms with Crippen LogP contribution in [0.3, 0.4) is 0 Å². The number of amides is 1. The number of rotatable bonds is 6. The zero-order chi connectivity index (χ0) is 12.1. The molecule has 17 heavy (non-hydrogen) atoms. The standard InChI is InChI=1S/C14H20N2O/c1-2-14(8-9-14)11-16-13(17)10-15-12-6-4-3-5-7-12/h3-7,15H,2,8-11H2,1H3,(H,16,17). The molecule has 3 heteroatoms. The van der Waals surface area contributed by atoms with E-state index in [1.54, 1.807) is 0 Å². The molecule has 1 amide bonds. The van der Waals surface area contributed by atoms with Crippen LogP contribution in [0.5, 0.6) is 0 Å². The van der Waals surface area contributed by atoms with E-state index in [-0.39, 0.29) is 5.91 Å². The molecule has 0 spiro atoms. The fourth-order valence-corrected chi connectivity index (χ4v) is 1.92. The molecule has 92 valence electrons. The van der Waals surface area contributed by atoms with E-state index < -0.39 is 0 Å². The number of nitrogens with one attached hydrogen (secondary N) is 2. The molecule has 0 atom stereocenters. The molecule has 2 rings (SSSR count). The number of carbonyl (C=O) groups excluding carboxylic acids is 1. The number of anilines is 1. The predicted octanol–water partition coefficient (Wildman–Crippen LogP) is 2.40. The minimum atomic E-state index is 0.0774. The van der Waals surface area contributed by atoms with Crippen molar-refractivity contribution in [3.8, 4) is 0 Å². The molecule has 1 aliphatic carbocycles. The van der Waals surface area contributed by atoms with Gasteiger partial charge in [-0.05, 0) is 36.8 Å². The Hall–Kier alpha value is -1.51. The lowest BCUT2D eigenvalue weighted by Gasteiger charge is -2.13. The third-order valence-electron chi connectivity index (χ3n) is 3.59. The summed E-state index contributed by atoms with van der Waals surface area (Å²) >= 11 is 0. The molecule has 0 aromatic heterocycles. The number of benzene rings is 1. The minimum absolute atomic E-state index is 0.0774. The third kappa shape index (κ3) is 3.48. The maximum absolute atomic E-state index is 11.6. The number of hydrogen-bond donors (Lipinski definition) is 2. The summed E-state index contributed by atoms with van der Waals surface area (Å²) in [6.45, 7) is 3.38. The van der Waals surface area contributed by atoms with Crippen molar-refractivity contribution in [1.29, 1.82) is 0 Å². The Labute approximate surface area is 103 Å². The first-order chi connectivity index (χ1) is 8.24. The Balaban J connectivity index is 1.68. The van der Waals surface area contributed by atoms with Gasteiger partial charge in [-0.3, -0.25) is 4.79 Å². The van der Waals surface area contributed by atoms with E-state index in [4.69, 9.17) is 0 Å². The van der Waals surface area contributed by atoms with Gasteiger partial charge in [0.25, 0.3) is 0 Å². The smallest absolute Gasteiger partial charge is 0.239 e. The van der Waals surface area contributed by atoms with Crippen LogP contribution in [-0.4, -0.2) is 19.0 Å². The minimum Gasteiger partial charge on any atom is -0.376 e. The molecule has 0 saturated heterocycles. The van der Waals surface area contributed by atoms with Gasteiger partial charge in [-0.2, -0.15) is 0 Å². The van der Waals surface area contributed by atoms with Crippen LogP contribution < -0.4 is 10.6 Å². The van der Waals surface area contributed by atoms with Gasteiger partial charge in [0.15, 0.2) is 0 Å². The van der Waals surface area contributed by atoms with Crippen molar-refractivity contribution in [2.45, 2.75) is 26.2 Å². The maximum Gasteiger partial charge on any atom is 0.239 e. The summed E-state index contributed by atoms with van der Waals surface area (Å²) in [5, 5.41) is 6.11. The Morgan fingerprint density at radius 3 is 2.59 bits per heavy atom. The van der Waals surface area contributed by atoms with E-state index in [0.29, 0.717) is 12.0 Å². The number of hydrogen-bond acceptors (Lipinski definition) is 2. The Bertz CT molecular complexity index is 371. The van der Waals surface area contributed by atoms with Crippen molar-refractivity contribution < 1.29 is 4.79 Å². The van der Waals surface area contributed by atoms with Crippen LogP contribution in [-0.2, 0) is 4.79 Å². The van der Waals surface area contributed by atoms with Gasteiger partial charge in [-0.15, -0.1) is 0 Å². The van der Waals surface area contributed by atoms with Crippen LogP contribution in [0.1, 0.15) is 26.2 Å². The molecule has 3 nitrogen and oxygen atoms in total. The van der Waals surface area contributed by atoms with Crippen molar-refractivity contribution in [2.24, 2.45) is 5.41 Å². The van der Waals surface area contributed by atoms with Crippen LogP contribution in [0, 0.1) is 5.41 Å². The summed E-state index contributed by atoms with van der Waals surface area (Å²) in [6, 6.07) is 9.79. The van der Waals surface area contributed by atoms with Crippen LogP contribution in [0.25, 0.3) is 0 Å². The summed E-state index contributed by atoms with van der Waals surface area (Å²) in [5.74, 6) is 0.0774. The third-order valence-corrected chi connectivity index (χ3v) is 3.59. The van der Waals surface area contributed by atoms with E-state index >= 15 is 0 Å². The molecule has 1 aromatic carbocycles. The van der Waals surface area contributed by atoms with Gasteiger partial charge in [0.2, 0.25) is 5.91 Å².